The summed E-state index contributed by atoms with van der Waals surface area (Å²) in [5.41, 5.74) is 2.29. The van der Waals surface area contributed by atoms with Crippen LogP contribution in [0.25, 0.3) is 0 Å². The van der Waals surface area contributed by atoms with Crippen molar-refractivity contribution in [2.45, 2.75) is 71.0 Å². The molecule has 0 saturated heterocycles. The van der Waals surface area contributed by atoms with Crippen LogP contribution in [0.5, 0.6) is 0 Å². The molecule has 1 N–H and O–H groups in total. The van der Waals surface area contributed by atoms with Crippen molar-refractivity contribution >= 4 is 50.7 Å². The normalized spacial score (nSPS) is 14.8. The van der Waals surface area contributed by atoms with Crippen LogP contribution in [-0.2, 0) is 26.2 Å². The van der Waals surface area contributed by atoms with E-state index < -0.39 is 16.1 Å². The van der Waals surface area contributed by atoms with Crippen LogP contribution in [0.2, 0.25) is 10.0 Å². The summed E-state index contributed by atoms with van der Waals surface area (Å²) in [7, 11) is -3.67. The summed E-state index contributed by atoms with van der Waals surface area (Å²) in [5.74, 6) is -0.392. The van der Waals surface area contributed by atoms with Crippen LogP contribution in [0.4, 0.5) is 5.69 Å². The molecule has 1 saturated carbocycles. The van der Waals surface area contributed by atoms with Crippen LogP contribution in [-0.4, -0.2) is 50.0 Å². The standard InChI is InChI=1S/C27H35Cl2N3O4S/c1-19-10-12-21(13-11-19)18-31(20(2)27(34)30-23-7-4-5-8-23)26(33)9-6-16-32(37(3,35)36)25-17-22(28)14-15-24(25)29/h10-15,17,20,23H,4-9,16,18H2,1-3H3,(H,30,34)/t20-/m1/s1. The molecule has 0 heterocycles. The predicted octanol–water partition coefficient (Wildman–Crippen LogP) is 5.32. The van der Waals surface area contributed by atoms with Crippen LogP contribution >= 0.6 is 23.2 Å². The Balaban J connectivity index is 1.73. The van der Waals surface area contributed by atoms with Crippen molar-refractivity contribution in [3.63, 3.8) is 0 Å². The molecule has 0 spiro atoms. The number of anilines is 1. The highest BCUT2D eigenvalue weighted by atomic mass is 35.5. The van der Waals surface area contributed by atoms with E-state index >= 15 is 0 Å². The maximum absolute atomic E-state index is 13.4. The van der Waals surface area contributed by atoms with Crippen LogP contribution in [0, 0.1) is 6.92 Å². The SMILES string of the molecule is Cc1ccc(CN(C(=O)CCCN(c2cc(Cl)ccc2Cl)S(C)(=O)=O)[C@H](C)C(=O)NC2CCCC2)cc1. The molecule has 1 fully saturated rings. The van der Waals surface area contributed by atoms with E-state index in [1.165, 1.54) is 12.1 Å². The van der Waals surface area contributed by atoms with Crippen molar-refractivity contribution in [3.05, 3.63) is 63.6 Å². The molecule has 0 unspecified atom stereocenters. The average Bonchev–Trinajstić information content (AvgIpc) is 3.35. The van der Waals surface area contributed by atoms with Crippen molar-refractivity contribution in [2.75, 3.05) is 17.1 Å². The second-order valence-electron chi connectivity index (χ2n) is 9.71. The Morgan fingerprint density at radius 3 is 2.35 bits per heavy atom. The first-order chi connectivity index (χ1) is 17.5. The van der Waals surface area contributed by atoms with E-state index in [-0.39, 0.29) is 54.5 Å². The van der Waals surface area contributed by atoms with Crippen LogP contribution < -0.4 is 9.62 Å². The lowest BCUT2D eigenvalue weighted by atomic mass is 10.1. The Labute approximate surface area is 230 Å². The average molecular weight is 569 g/mol. The van der Waals surface area contributed by atoms with E-state index in [9.17, 15) is 18.0 Å². The summed E-state index contributed by atoms with van der Waals surface area (Å²) in [5, 5.41) is 3.69. The van der Waals surface area contributed by atoms with E-state index in [1.807, 2.05) is 31.2 Å². The number of rotatable bonds is 11. The van der Waals surface area contributed by atoms with Gasteiger partial charge in [-0.15, -0.1) is 0 Å². The molecule has 2 amide bonds. The summed E-state index contributed by atoms with van der Waals surface area (Å²) < 4.78 is 26.2. The van der Waals surface area contributed by atoms with Crippen molar-refractivity contribution in [2.24, 2.45) is 0 Å². The lowest BCUT2D eigenvalue weighted by molar-refractivity contribution is -0.141. The highest BCUT2D eigenvalue weighted by Crippen LogP contribution is 2.31. The number of halogens is 2. The maximum atomic E-state index is 13.4. The molecule has 1 aliphatic rings. The molecular weight excluding hydrogens is 533 g/mol. The van der Waals surface area contributed by atoms with E-state index in [2.05, 4.69) is 5.32 Å². The Kier molecular flexibility index (Phi) is 10.3. The summed E-state index contributed by atoms with van der Waals surface area (Å²) in [6, 6.07) is 11.9. The van der Waals surface area contributed by atoms with Gasteiger partial charge in [0.2, 0.25) is 21.8 Å². The number of sulfonamides is 1. The Morgan fingerprint density at radius 2 is 1.73 bits per heavy atom. The monoisotopic (exact) mass is 567 g/mol. The molecule has 3 rings (SSSR count). The molecule has 2 aromatic carbocycles. The second-order valence-corrected chi connectivity index (χ2v) is 12.5. The fourth-order valence-electron chi connectivity index (χ4n) is 4.52. The fraction of sp³-hybridized carbons (Fsp3) is 0.481. The van der Waals surface area contributed by atoms with E-state index in [4.69, 9.17) is 23.2 Å². The summed E-state index contributed by atoms with van der Waals surface area (Å²) in [6.07, 6.45) is 5.51. The predicted molar refractivity (Wildman–Crippen MR) is 149 cm³/mol. The van der Waals surface area contributed by atoms with Gasteiger partial charge in [-0.25, -0.2) is 8.42 Å². The van der Waals surface area contributed by atoms with Gasteiger partial charge in [-0.3, -0.25) is 13.9 Å². The molecule has 202 valence electrons. The third kappa shape index (κ3) is 8.35. The second kappa shape index (κ2) is 13.0. The number of carbonyl (C=O) groups excluding carboxylic acids is 2. The molecule has 2 aromatic rings. The number of benzene rings is 2. The van der Waals surface area contributed by atoms with Gasteiger partial charge in [-0.1, -0.05) is 65.9 Å². The van der Waals surface area contributed by atoms with Gasteiger partial charge in [-0.05, 0) is 56.9 Å². The third-order valence-electron chi connectivity index (χ3n) is 6.67. The molecule has 0 aliphatic heterocycles. The Bertz CT molecular complexity index is 1200. The highest BCUT2D eigenvalue weighted by molar-refractivity contribution is 7.92. The first-order valence-corrected chi connectivity index (χ1v) is 15.1. The zero-order valence-electron chi connectivity index (χ0n) is 21.5. The number of nitrogens with one attached hydrogen (secondary N) is 1. The molecule has 0 aromatic heterocycles. The van der Waals surface area contributed by atoms with Crippen LogP contribution in [0.15, 0.2) is 42.5 Å². The molecule has 1 atom stereocenters. The van der Waals surface area contributed by atoms with E-state index in [0.29, 0.717) is 5.02 Å². The van der Waals surface area contributed by atoms with E-state index in [0.717, 1.165) is 47.4 Å². The number of nitrogens with zero attached hydrogens (tertiary/aromatic N) is 2. The van der Waals surface area contributed by atoms with Crippen molar-refractivity contribution in [1.29, 1.82) is 0 Å². The lowest BCUT2D eigenvalue weighted by Crippen LogP contribution is -2.49. The topological polar surface area (TPSA) is 86.8 Å². The maximum Gasteiger partial charge on any atom is 0.242 e. The van der Waals surface area contributed by atoms with Gasteiger partial charge >= 0.3 is 0 Å². The van der Waals surface area contributed by atoms with Crippen LogP contribution in [0.1, 0.15) is 56.6 Å². The van der Waals surface area contributed by atoms with E-state index in [1.54, 1.807) is 17.9 Å². The van der Waals surface area contributed by atoms with Gasteiger partial charge in [-0.2, -0.15) is 0 Å². The number of carbonyl (C=O) groups is 2. The molecule has 0 radical (unpaired) electrons. The van der Waals surface area contributed by atoms with Gasteiger partial charge in [0, 0.05) is 30.6 Å². The van der Waals surface area contributed by atoms with Crippen molar-refractivity contribution in [3.8, 4) is 0 Å². The van der Waals surface area contributed by atoms with Gasteiger partial charge < -0.3 is 10.2 Å². The quantitative estimate of drug-likeness (QED) is 0.398. The number of hydrogen-bond donors (Lipinski definition) is 1. The zero-order valence-corrected chi connectivity index (χ0v) is 23.9. The highest BCUT2D eigenvalue weighted by Gasteiger charge is 2.29. The van der Waals surface area contributed by atoms with Gasteiger partial charge in [0.05, 0.1) is 17.0 Å². The number of hydrogen-bond acceptors (Lipinski definition) is 4. The molecule has 0 bridgehead atoms. The molecule has 37 heavy (non-hydrogen) atoms. The lowest BCUT2D eigenvalue weighted by Gasteiger charge is -2.30. The van der Waals surface area contributed by atoms with Gasteiger partial charge in [0.25, 0.3) is 0 Å². The van der Waals surface area contributed by atoms with Crippen molar-refractivity contribution < 1.29 is 18.0 Å². The summed E-state index contributed by atoms with van der Waals surface area (Å²) in [4.78, 5) is 28.0. The minimum atomic E-state index is -3.67. The zero-order chi connectivity index (χ0) is 27.2. The molecule has 10 heteroatoms. The molecule has 7 nitrogen and oxygen atoms in total. The first kappa shape index (κ1) is 29.3. The Hall–Kier alpha value is -2.29. The smallest absolute Gasteiger partial charge is 0.242 e. The minimum Gasteiger partial charge on any atom is -0.352 e. The summed E-state index contributed by atoms with van der Waals surface area (Å²) >= 11 is 12.3. The minimum absolute atomic E-state index is 0.0473. The largest absolute Gasteiger partial charge is 0.352 e. The Morgan fingerprint density at radius 1 is 1.08 bits per heavy atom. The van der Waals surface area contributed by atoms with Gasteiger partial charge in [0.1, 0.15) is 6.04 Å². The fourth-order valence-corrected chi connectivity index (χ4v) is 5.93. The number of aryl methyl sites for hydroxylation is 1. The third-order valence-corrected chi connectivity index (χ3v) is 8.41. The number of amides is 2. The first-order valence-electron chi connectivity index (χ1n) is 12.5. The van der Waals surface area contributed by atoms with Crippen molar-refractivity contribution in [1.82, 2.24) is 10.2 Å². The van der Waals surface area contributed by atoms with Gasteiger partial charge in [0.15, 0.2) is 0 Å². The summed E-state index contributed by atoms with van der Waals surface area (Å²) in [6.45, 7) is 4.06. The van der Waals surface area contributed by atoms with Crippen LogP contribution in [0.3, 0.4) is 0 Å². The molecular formula is C27H35Cl2N3O4S. The molecule has 1 aliphatic carbocycles.